The summed E-state index contributed by atoms with van der Waals surface area (Å²) in [5.74, 6) is -1.49. The Hall–Kier alpha value is -3.50. The van der Waals surface area contributed by atoms with E-state index in [9.17, 15) is 19.2 Å². The number of ether oxygens (including phenoxy) is 2. The molecule has 0 spiro atoms. The van der Waals surface area contributed by atoms with Crippen molar-refractivity contribution in [1.29, 1.82) is 0 Å². The highest BCUT2D eigenvalue weighted by molar-refractivity contribution is 8.18. The Morgan fingerprint density at radius 1 is 1.00 bits per heavy atom. The second-order valence-corrected chi connectivity index (χ2v) is 10.6. The smallest absolute Gasteiger partial charge is 0.339 e. The fourth-order valence-electron chi connectivity index (χ4n) is 3.64. The van der Waals surface area contributed by atoms with Crippen LogP contribution in [-0.4, -0.2) is 41.1 Å². The van der Waals surface area contributed by atoms with Gasteiger partial charge in [-0.3, -0.25) is 19.3 Å². The Labute approximate surface area is 249 Å². The lowest BCUT2D eigenvalue weighted by atomic mass is 10.1. The summed E-state index contributed by atoms with van der Waals surface area (Å²) in [6.07, 6.45) is 1.49. The highest BCUT2D eigenvalue weighted by Gasteiger charge is 2.36. The maximum atomic E-state index is 13.1. The van der Waals surface area contributed by atoms with Crippen molar-refractivity contribution in [3.05, 3.63) is 97.3 Å². The van der Waals surface area contributed by atoms with Crippen molar-refractivity contribution in [2.45, 2.75) is 13.5 Å². The predicted octanol–water partition coefficient (Wildman–Crippen LogP) is 7.08. The van der Waals surface area contributed by atoms with Gasteiger partial charge in [-0.1, -0.05) is 46.9 Å². The third kappa shape index (κ3) is 7.37. The second kappa shape index (κ2) is 13.2. The number of carbonyl (C=O) groups is 4. The second-order valence-electron chi connectivity index (χ2n) is 8.33. The summed E-state index contributed by atoms with van der Waals surface area (Å²) in [6, 6.07) is 16.4. The first-order chi connectivity index (χ1) is 19.1. The molecular weight excluding hydrogens is 599 g/mol. The van der Waals surface area contributed by atoms with Gasteiger partial charge in [-0.25, -0.2) is 4.79 Å². The van der Waals surface area contributed by atoms with Crippen LogP contribution in [0.25, 0.3) is 6.08 Å². The number of thioether (sulfide) groups is 1. The molecule has 206 valence electrons. The fraction of sp³-hybridized carbons (Fsp3) is 0.143. The molecule has 1 aliphatic rings. The van der Waals surface area contributed by atoms with Gasteiger partial charge in [0.2, 0.25) is 5.91 Å². The van der Waals surface area contributed by atoms with Gasteiger partial charge in [0, 0.05) is 21.3 Å². The van der Waals surface area contributed by atoms with E-state index in [0.29, 0.717) is 33.1 Å². The van der Waals surface area contributed by atoms with Crippen molar-refractivity contribution in [2.24, 2.45) is 0 Å². The van der Waals surface area contributed by atoms with Gasteiger partial charge in [0.15, 0.2) is 0 Å². The highest BCUT2D eigenvalue weighted by Crippen LogP contribution is 2.35. The molecule has 0 bridgehead atoms. The van der Waals surface area contributed by atoms with Crippen LogP contribution in [0.4, 0.5) is 10.5 Å². The number of amides is 3. The molecule has 8 nitrogen and oxygen atoms in total. The minimum atomic E-state index is -0.644. The summed E-state index contributed by atoms with van der Waals surface area (Å²) in [5, 5.41) is 3.09. The molecule has 40 heavy (non-hydrogen) atoms. The maximum Gasteiger partial charge on any atom is 0.339 e. The normalized spacial score (nSPS) is 14.0. The average molecular weight is 620 g/mol. The monoisotopic (exact) mass is 618 g/mol. The number of benzene rings is 3. The average Bonchev–Trinajstić information content (AvgIpc) is 3.16. The molecule has 1 saturated heterocycles. The number of carbonyl (C=O) groups excluding carboxylic acids is 4. The van der Waals surface area contributed by atoms with E-state index >= 15 is 0 Å². The molecule has 0 saturated carbocycles. The van der Waals surface area contributed by atoms with Crippen LogP contribution in [-0.2, 0) is 20.9 Å². The van der Waals surface area contributed by atoms with Gasteiger partial charge in [-0.15, -0.1) is 0 Å². The molecule has 1 aliphatic heterocycles. The Morgan fingerprint density at radius 3 is 2.52 bits per heavy atom. The molecule has 4 rings (SSSR count). The largest absolute Gasteiger partial charge is 0.488 e. The topological polar surface area (TPSA) is 102 Å². The molecule has 3 amide bonds. The minimum Gasteiger partial charge on any atom is -0.488 e. The molecule has 1 heterocycles. The number of hydrogen-bond donors (Lipinski definition) is 1. The lowest BCUT2D eigenvalue weighted by Crippen LogP contribution is -2.36. The van der Waals surface area contributed by atoms with E-state index < -0.39 is 29.6 Å². The Bertz CT molecular complexity index is 1530. The molecule has 1 N–H and O–H groups in total. The van der Waals surface area contributed by atoms with E-state index in [4.69, 9.17) is 44.3 Å². The number of nitrogens with one attached hydrogen (secondary N) is 1. The molecule has 0 aromatic heterocycles. The van der Waals surface area contributed by atoms with Gasteiger partial charge in [-0.2, -0.15) is 0 Å². The molecule has 0 aliphatic carbocycles. The van der Waals surface area contributed by atoms with Crippen molar-refractivity contribution in [2.75, 3.05) is 18.5 Å². The minimum absolute atomic E-state index is 0.0744. The van der Waals surface area contributed by atoms with Gasteiger partial charge < -0.3 is 14.8 Å². The summed E-state index contributed by atoms with van der Waals surface area (Å²) >= 11 is 19.0. The molecule has 0 unspecified atom stereocenters. The zero-order valence-corrected chi connectivity index (χ0v) is 24.0. The van der Waals surface area contributed by atoms with Crippen molar-refractivity contribution in [3.63, 3.8) is 0 Å². The van der Waals surface area contributed by atoms with Gasteiger partial charge in [0.25, 0.3) is 11.1 Å². The zero-order chi connectivity index (χ0) is 28.8. The summed E-state index contributed by atoms with van der Waals surface area (Å²) in [6.45, 7) is 1.49. The molecular formula is C28H21Cl3N2O6S. The number of nitrogens with zero attached hydrogens (tertiary/aromatic N) is 1. The fourth-order valence-corrected chi connectivity index (χ4v) is 5.06. The quantitative estimate of drug-likeness (QED) is 0.202. The number of anilines is 1. The van der Waals surface area contributed by atoms with Gasteiger partial charge >= 0.3 is 5.97 Å². The highest BCUT2D eigenvalue weighted by atomic mass is 35.5. The molecule has 0 atom stereocenters. The van der Waals surface area contributed by atoms with Crippen LogP contribution in [0.15, 0.2) is 65.6 Å². The molecule has 0 radical (unpaired) electrons. The van der Waals surface area contributed by atoms with Crippen molar-refractivity contribution in [3.8, 4) is 5.75 Å². The van der Waals surface area contributed by atoms with Gasteiger partial charge in [0.05, 0.1) is 22.1 Å². The summed E-state index contributed by atoms with van der Waals surface area (Å²) in [5.41, 5.74) is 1.65. The van der Waals surface area contributed by atoms with Crippen molar-refractivity contribution >= 4 is 81.4 Å². The van der Waals surface area contributed by atoms with E-state index in [1.807, 2.05) is 12.1 Å². The number of rotatable bonds is 9. The number of imide groups is 1. The summed E-state index contributed by atoms with van der Waals surface area (Å²) in [7, 11) is 0. The number of esters is 1. The first kappa shape index (κ1) is 29.5. The van der Waals surface area contributed by atoms with Crippen LogP contribution >= 0.6 is 46.6 Å². The SMILES string of the molecule is CCOC(=O)c1cc(NC(=O)CN2C(=O)S/C(=C/c3cc(Cl)ccc3OCc3cccc(Cl)c3)C2=O)ccc1Cl. The predicted molar refractivity (Wildman–Crippen MR) is 156 cm³/mol. The molecule has 3 aromatic carbocycles. The lowest BCUT2D eigenvalue weighted by Gasteiger charge is -2.13. The van der Waals surface area contributed by atoms with E-state index in [1.165, 1.54) is 24.3 Å². The number of hydrogen-bond acceptors (Lipinski definition) is 7. The van der Waals surface area contributed by atoms with Crippen LogP contribution < -0.4 is 10.1 Å². The van der Waals surface area contributed by atoms with E-state index in [0.717, 1.165) is 10.5 Å². The first-order valence-corrected chi connectivity index (χ1v) is 13.8. The maximum absolute atomic E-state index is 13.1. The first-order valence-electron chi connectivity index (χ1n) is 11.8. The van der Waals surface area contributed by atoms with Crippen LogP contribution in [0.5, 0.6) is 5.75 Å². The number of halogens is 3. The van der Waals surface area contributed by atoms with Crippen LogP contribution in [0.3, 0.4) is 0 Å². The standard InChI is InChI=1S/C28H21Cl3N2O6S/c1-2-38-27(36)21-13-20(7-8-22(21)31)32-25(34)14-33-26(35)24(40-28(33)37)12-17-11-19(30)6-9-23(17)39-15-16-4-3-5-18(29)10-16/h3-13H,2,14-15H2,1H3,(H,32,34)/b24-12+. The molecule has 3 aromatic rings. The van der Waals surface area contributed by atoms with Crippen molar-refractivity contribution < 1.29 is 28.7 Å². The Morgan fingerprint density at radius 2 is 1.77 bits per heavy atom. The lowest BCUT2D eigenvalue weighted by molar-refractivity contribution is -0.127. The van der Waals surface area contributed by atoms with E-state index in [2.05, 4.69) is 5.32 Å². The van der Waals surface area contributed by atoms with Crippen LogP contribution in [0.2, 0.25) is 15.1 Å². The van der Waals surface area contributed by atoms with E-state index in [-0.39, 0.29) is 34.4 Å². The Kier molecular flexibility index (Phi) is 9.76. The van der Waals surface area contributed by atoms with Crippen molar-refractivity contribution in [1.82, 2.24) is 4.90 Å². The third-order valence-electron chi connectivity index (χ3n) is 5.46. The Balaban J connectivity index is 1.46. The zero-order valence-electron chi connectivity index (χ0n) is 20.9. The van der Waals surface area contributed by atoms with Gasteiger partial charge in [-0.05, 0) is 78.9 Å². The van der Waals surface area contributed by atoms with E-state index in [1.54, 1.807) is 37.3 Å². The van der Waals surface area contributed by atoms with Crippen LogP contribution in [0, 0.1) is 0 Å². The molecule has 1 fully saturated rings. The molecule has 12 heteroatoms. The third-order valence-corrected chi connectivity index (χ3v) is 7.17. The summed E-state index contributed by atoms with van der Waals surface area (Å²) < 4.78 is 10.9. The summed E-state index contributed by atoms with van der Waals surface area (Å²) in [4.78, 5) is 51.4. The van der Waals surface area contributed by atoms with Gasteiger partial charge in [0.1, 0.15) is 18.9 Å². The van der Waals surface area contributed by atoms with Crippen LogP contribution in [0.1, 0.15) is 28.4 Å².